The van der Waals surface area contributed by atoms with Crippen LogP contribution in [0.3, 0.4) is 0 Å². The highest BCUT2D eigenvalue weighted by atomic mass is 16.5. The van der Waals surface area contributed by atoms with E-state index in [0.29, 0.717) is 49.4 Å². The minimum Gasteiger partial charge on any atom is -0.497 e. The molecule has 9 heteroatoms. The van der Waals surface area contributed by atoms with E-state index in [9.17, 15) is 19.2 Å². The Balaban J connectivity index is 1.37. The zero-order valence-corrected chi connectivity index (χ0v) is 21.9. The van der Waals surface area contributed by atoms with Crippen LogP contribution in [0.5, 0.6) is 5.75 Å². The number of carbonyl (C=O) groups excluding carboxylic acids is 2. The minimum absolute atomic E-state index is 0.0245. The fraction of sp³-hybridized carbons (Fsp3) is 0.630. The highest BCUT2D eigenvalue weighted by Crippen LogP contribution is 2.31. The molecular formula is C27H38N4O5. The summed E-state index contributed by atoms with van der Waals surface area (Å²) in [6, 6.07) is 5.16. The maximum absolute atomic E-state index is 13.2. The van der Waals surface area contributed by atoms with Crippen molar-refractivity contribution in [1.29, 1.82) is 0 Å². The highest BCUT2D eigenvalue weighted by Gasteiger charge is 2.33. The van der Waals surface area contributed by atoms with Gasteiger partial charge < -0.3 is 14.5 Å². The van der Waals surface area contributed by atoms with Crippen LogP contribution in [-0.4, -0.2) is 64.0 Å². The molecule has 4 rings (SSSR count). The van der Waals surface area contributed by atoms with Gasteiger partial charge in [0.1, 0.15) is 5.75 Å². The monoisotopic (exact) mass is 498 g/mol. The van der Waals surface area contributed by atoms with E-state index in [-0.39, 0.29) is 40.8 Å². The number of hydrogen-bond donors (Lipinski definition) is 0. The van der Waals surface area contributed by atoms with E-state index in [1.807, 2.05) is 23.6 Å². The lowest BCUT2D eigenvalue weighted by Crippen LogP contribution is -2.53. The van der Waals surface area contributed by atoms with Crippen LogP contribution in [-0.2, 0) is 23.2 Å². The molecule has 2 aliphatic rings. The zero-order chi connectivity index (χ0) is 26.0. The first-order chi connectivity index (χ1) is 17.2. The van der Waals surface area contributed by atoms with Gasteiger partial charge in [-0.3, -0.25) is 23.5 Å². The van der Waals surface area contributed by atoms with Crippen LogP contribution < -0.4 is 16.0 Å². The fourth-order valence-electron chi connectivity index (χ4n) is 5.53. The zero-order valence-electron chi connectivity index (χ0n) is 21.9. The quantitative estimate of drug-likeness (QED) is 0.609. The molecule has 1 aliphatic heterocycles. The molecule has 2 amide bonds. The first-order valence-corrected chi connectivity index (χ1v) is 13.1. The van der Waals surface area contributed by atoms with Crippen molar-refractivity contribution in [3.8, 4) is 5.75 Å². The maximum Gasteiger partial charge on any atom is 0.331 e. The van der Waals surface area contributed by atoms with E-state index in [0.717, 1.165) is 32.1 Å². The van der Waals surface area contributed by atoms with Crippen LogP contribution >= 0.6 is 0 Å². The van der Waals surface area contributed by atoms with Crippen LogP contribution in [0, 0.1) is 17.8 Å². The molecular weight excluding hydrogens is 460 g/mol. The number of carbonyl (C=O) groups is 2. The summed E-state index contributed by atoms with van der Waals surface area (Å²) in [5.74, 6) is 1.10. The molecule has 2 aromatic rings. The number of nitrogens with zero attached hydrogens (tertiary/aromatic N) is 4. The molecule has 1 atom stereocenters. The van der Waals surface area contributed by atoms with Crippen LogP contribution in [0.4, 0.5) is 0 Å². The summed E-state index contributed by atoms with van der Waals surface area (Å²) in [4.78, 5) is 55.5. The van der Waals surface area contributed by atoms with E-state index >= 15 is 0 Å². The molecule has 1 aromatic carbocycles. The smallest absolute Gasteiger partial charge is 0.331 e. The van der Waals surface area contributed by atoms with Crippen molar-refractivity contribution in [2.24, 2.45) is 24.8 Å². The Kier molecular flexibility index (Phi) is 7.85. The fourth-order valence-corrected chi connectivity index (χ4v) is 5.53. The van der Waals surface area contributed by atoms with Crippen LogP contribution in [0.1, 0.15) is 46.0 Å². The molecule has 196 valence electrons. The van der Waals surface area contributed by atoms with Gasteiger partial charge in [0, 0.05) is 51.6 Å². The van der Waals surface area contributed by atoms with Gasteiger partial charge in [0.2, 0.25) is 11.8 Å². The summed E-state index contributed by atoms with van der Waals surface area (Å²) in [7, 11) is 3.23. The standard InChI is InChI=1S/C27H38N4O5/c1-5-18(2)24(32)29-12-14-30(15-13-29)25(33)20-8-6-19(7-9-20)17-31-26(34)22-16-21(36-4)10-11-23(22)28(3)27(31)35/h10-11,16,18-20H,5-9,12-15,17H2,1-4H3. The molecule has 2 fully saturated rings. The van der Waals surface area contributed by atoms with Gasteiger partial charge in [0.25, 0.3) is 5.56 Å². The Morgan fingerprint density at radius 3 is 2.28 bits per heavy atom. The summed E-state index contributed by atoms with van der Waals surface area (Å²) in [6.07, 6.45) is 3.94. The molecule has 2 heterocycles. The number of piperazine rings is 1. The van der Waals surface area contributed by atoms with Gasteiger partial charge in [-0.2, -0.15) is 0 Å². The van der Waals surface area contributed by atoms with E-state index in [2.05, 4.69) is 0 Å². The number of hydrogen-bond acceptors (Lipinski definition) is 5. The van der Waals surface area contributed by atoms with E-state index in [1.165, 1.54) is 9.13 Å². The van der Waals surface area contributed by atoms with Gasteiger partial charge in [0.05, 0.1) is 18.0 Å². The lowest BCUT2D eigenvalue weighted by molar-refractivity contribution is -0.144. The third-order valence-electron chi connectivity index (χ3n) is 8.13. The number of methoxy groups -OCH3 is 1. The van der Waals surface area contributed by atoms with Gasteiger partial charge in [-0.1, -0.05) is 13.8 Å². The molecule has 1 saturated carbocycles. The van der Waals surface area contributed by atoms with Crippen molar-refractivity contribution in [1.82, 2.24) is 18.9 Å². The Morgan fingerprint density at radius 2 is 1.67 bits per heavy atom. The summed E-state index contributed by atoms with van der Waals surface area (Å²) >= 11 is 0. The van der Waals surface area contributed by atoms with E-state index < -0.39 is 0 Å². The predicted octanol–water partition coefficient (Wildman–Crippen LogP) is 2.23. The minimum atomic E-state index is -0.319. The van der Waals surface area contributed by atoms with Crippen molar-refractivity contribution < 1.29 is 14.3 Å². The average Bonchev–Trinajstić information content (AvgIpc) is 2.93. The SMILES string of the molecule is CCC(C)C(=O)N1CCN(C(=O)C2CCC(Cn3c(=O)c4cc(OC)ccc4n(C)c3=O)CC2)CC1. The van der Waals surface area contributed by atoms with Gasteiger partial charge >= 0.3 is 5.69 Å². The third kappa shape index (κ3) is 5.06. The molecule has 0 N–H and O–H groups in total. The summed E-state index contributed by atoms with van der Waals surface area (Å²) < 4.78 is 8.11. The third-order valence-corrected chi connectivity index (χ3v) is 8.13. The second-order valence-corrected chi connectivity index (χ2v) is 10.3. The van der Waals surface area contributed by atoms with E-state index in [4.69, 9.17) is 4.74 Å². The van der Waals surface area contributed by atoms with Gasteiger partial charge in [0.15, 0.2) is 0 Å². The molecule has 1 saturated heterocycles. The number of aryl methyl sites for hydroxylation is 1. The Labute approximate surface area is 211 Å². The molecule has 0 bridgehead atoms. The maximum atomic E-state index is 13.2. The molecule has 9 nitrogen and oxygen atoms in total. The molecule has 1 aromatic heterocycles. The first kappa shape index (κ1) is 26.0. The molecule has 1 unspecified atom stereocenters. The Morgan fingerprint density at radius 1 is 1.03 bits per heavy atom. The topological polar surface area (TPSA) is 93.8 Å². The lowest BCUT2D eigenvalue weighted by Gasteiger charge is -2.38. The number of ether oxygens (including phenoxy) is 1. The predicted molar refractivity (Wildman–Crippen MR) is 138 cm³/mol. The van der Waals surface area contributed by atoms with Crippen molar-refractivity contribution in [3.63, 3.8) is 0 Å². The van der Waals surface area contributed by atoms with Gasteiger partial charge in [-0.15, -0.1) is 0 Å². The average molecular weight is 499 g/mol. The molecule has 1 aliphatic carbocycles. The summed E-state index contributed by atoms with van der Waals surface area (Å²) in [5.41, 5.74) is -0.0296. The van der Waals surface area contributed by atoms with Crippen molar-refractivity contribution in [2.75, 3.05) is 33.3 Å². The summed E-state index contributed by atoms with van der Waals surface area (Å²) in [5, 5.41) is 0.464. The highest BCUT2D eigenvalue weighted by molar-refractivity contribution is 5.81. The van der Waals surface area contributed by atoms with Crippen LogP contribution in [0.15, 0.2) is 27.8 Å². The Hall–Kier alpha value is -3.10. The van der Waals surface area contributed by atoms with E-state index in [1.54, 1.807) is 32.4 Å². The Bertz CT molecular complexity index is 1230. The normalized spacial score (nSPS) is 21.4. The van der Waals surface area contributed by atoms with Crippen LogP contribution in [0.25, 0.3) is 10.9 Å². The van der Waals surface area contributed by atoms with Gasteiger partial charge in [-0.05, 0) is 56.2 Å². The van der Waals surface area contributed by atoms with Gasteiger partial charge in [-0.25, -0.2) is 4.79 Å². The number of fused-ring (bicyclic) bond motifs is 1. The second-order valence-electron chi connectivity index (χ2n) is 10.3. The summed E-state index contributed by atoms with van der Waals surface area (Å²) in [6.45, 7) is 6.71. The second kappa shape index (κ2) is 10.9. The lowest BCUT2D eigenvalue weighted by atomic mass is 9.81. The first-order valence-electron chi connectivity index (χ1n) is 13.1. The van der Waals surface area contributed by atoms with Crippen LogP contribution in [0.2, 0.25) is 0 Å². The molecule has 0 radical (unpaired) electrons. The number of benzene rings is 1. The van der Waals surface area contributed by atoms with Crippen molar-refractivity contribution >= 4 is 22.7 Å². The van der Waals surface area contributed by atoms with Crippen molar-refractivity contribution in [3.05, 3.63) is 39.0 Å². The molecule has 0 spiro atoms. The van der Waals surface area contributed by atoms with Crippen molar-refractivity contribution in [2.45, 2.75) is 52.5 Å². The number of aromatic nitrogens is 2. The largest absolute Gasteiger partial charge is 0.497 e. The number of rotatable bonds is 6. The molecule has 36 heavy (non-hydrogen) atoms. The number of amides is 2.